The van der Waals surface area contributed by atoms with E-state index in [4.69, 9.17) is 0 Å². The van der Waals surface area contributed by atoms with Gasteiger partial charge in [-0.25, -0.2) is 0 Å². The highest BCUT2D eigenvalue weighted by atomic mass is 14.9. The zero-order valence-electron chi connectivity index (χ0n) is 5.99. The topological polar surface area (TPSA) is 24.1 Å². The Balaban J connectivity index is 3.07. The fourth-order valence-electron chi connectivity index (χ4n) is 0.722. The van der Waals surface area contributed by atoms with Crippen molar-refractivity contribution in [3.63, 3.8) is 0 Å². The summed E-state index contributed by atoms with van der Waals surface area (Å²) in [6, 6.07) is 0. The van der Waals surface area contributed by atoms with Crippen molar-refractivity contribution in [2.45, 2.75) is 19.7 Å². The molecule has 0 rings (SSSR count). The first-order valence-corrected chi connectivity index (χ1v) is 3.19. The zero-order chi connectivity index (χ0) is 6.41. The molecule has 0 saturated heterocycles. The minimum Gasteiger partial charge on any atom is -0.345 e. The van der Waals surface area contributed by atoms with Crippen LogP contribution in [0.4, 0.5) is 0 Å². The predicted molar refractivity (Wildman–Crippen MR) is 39.0 cm³/mol. The molecule has 0 amide bonds. The van der Waals surface area contributed by atoms with E-state index in [1.807, 2.05) is 14.1 Å². The molecule has 0 aromatic carbocycles. The molecular formula is C5H15BN2. The number of nitrogens with one attached hydrogen (secondary N) is 2. The summed E-state index contributed by atoms with van der Waals surface area (Å²) in [7, 11) is 3.94. The van der Waals surface area contributed by atoms with Crippen LogP contribution in [-0.4, -0.2) is 21.1 Å². The molecular weight excluding hydrogens is 98.9 g/mol. The second-order valence-corrected chi connectivity index (χ2v) is 1.92. The Labute approximate surface area is 52.2 Å². The van der Waals surface area contributed by atoms with Gasteiger partial charge in [0.2, 0.25) is 0 Å². The minimum atomic E-state index is 0.500. The van der Waals surface area contributed by atoms with E-state index in [0.29, 0.717) is 6.98 Å². The predicted octanol–water partition coefficient (Wildman–Crippen LogP) is 0.323. The molecule has 0 atom stereocenters. The van der Waals surface area contributed by atoms with Gasteiger partial charge >= 0.3 is 6.98 Å². The molecule has 8 heavy (non-hydrogen) atoms. The van der Waals surface area contributed by atoms with E-state index < -0.39 is 0 Å². The summed E-state index contributed by atoms with van der Waals surface area (Å²) >= 11 is 0. The van der Waals surface area contributed by atoms with Crippen molar-refractivity contribution >= 4 is 6.98 Å². The third-order valence-corrected chi connectivity index (χ3v) is 1.27. The first-order chi connectivity index (χ1) is 3.85. The van der Waals surface area contributed by atoms with E-state index in [2.05, 4.69) is 17.4 Å². The van der Waals surface area contributed by atoms with Crippen LogP contribution in [0.25, 0.3) is 0 Å². The van der Waals surface area contributed by atoms with E-state index in [1.54, 1.807) is 0 Å². The van der Waals surface area contributed by atoms with Crippen LogP contribution < -0.4 is 10.5 Å². The molecule has 3 heteroatoms. The molecule has 0 aromatic heterocycles. The molecule has 48 valence electrons. The van der Waals surface area contributed by atoms with Gasteiger partial charge in [0, 0.05) is 0 Å². The quantitative estimate of drug-likeness (QED) is 0.514. The summed E-state index contributed by atoms with van der Waals surface area (Å²) in [6.45, 7) is 2.68. The van der Waals surface area contributed by atoms with Crippen LogP contribution in [0.5, 0.6) is 0 Å². The van der Waals surface area contributed by atoms with Gasteiger partial charge in [0.25, 0.3) is 0 Å². The summed E-state index contributed by atoms with van der Waals surface area (Å²) in [5.41, 5.74) is 0. The molecule has 0 aliphatic carbocycles. The van der Waals surface area contributed by atoms with E-state index >= 15 is 0 Å². The van der Waals surface area contributed by atoms with Crippen LogP contribution in [0, 0.1) is 0 Å². The van der Waals surface area contributed by atoms with Crippen molar-refractivity contribution in [2.24, 2.45) is 0 Å². The van der Waals surface area contributed by atoms with Crippen molar-refractivity contribution in [1.82, 2.24) is 10.5 Å². The van der Waals surface area contributed by atoms with E-state index in [-0.39, 0.29) is 0 Å². The number of hydrogen-bond donors (Lipinski definition) is 2. The van der Waals surface area contributed by atoms with Crippen molar-refractivity contribution in [1.29, 1.82) is 0 Å². The summed E-state index contributed by atoms with van der Waals surface area (Å²) in [6.07, 6.45) is 2.43. The lowest BCUT2D eigenvalue weighted by molar-refractivity contribution is 0.969. The maximum atomic E-state index is 3.14. The normalized spacial score (nSPS) is 9.38. The first kappa shape index (κ1) is 7.98. The highest BCUT2D eigenvalue weighted by Gasteiger charge is 2.04. The van der Waals surface area contributed by atoms with Crippen LogP contribution in [0.2, 0.25) is 6.32 Å². The molecule has 0 spiro atoms. The molecule has 0 bridgehead atoms. The SMILES string of the molecule is CCCB(NC)NC. The Kier molecular flexibility index (Phi) is 5.12. The molecule has 0 heterocycles. The Morgan fingerprint density at radius 2 is 1.75 bits per heavy atom. The van der Waals surface area contributed by atoms with E-state index in [0.717, 1.165) is 0 Å². The zero-order valence-corrected chi connectivity index (χ0v) is 5.99. The summed E-state index contributed by atoms with van der Waals surface area (Å²) in [5.74, 6) is 0. The smallest absolute Gasteiger partial charge is 0.304 e. The molecule has 0 aromatic rings. The van der Waals surface area contributed by atoms with Gasteiger partial charge in [-0.1, -0.05) is 13.3 Å². The maximum Gasteiger partial charge on any atom is 0.304 e. The van der Waals surface area contributed by atoms with Crippen molar-refractivity contribution in [3.8, 4) is 0 Å². The average Bonchev–Trinajstić information content (AvgIpc) is 1.83. The van der Waals surface area contributed by atoms with Crippen LogP contribution in [-0.2, 0) is 0 Å². The van der Waals surface area contributed by atoms with Crippen molar-refractivity contribution < 1.29 is 0 Å². The maximum absolute atomic E-state index is 3.14. The summed E-state index contributed by atoms with van der Waals surface area (Å²) in [5, 5.41) is 6.28. The number of rotatable bonds is 4. The van der Waals surface area contributed by atoms with Crippen LogP contribution >= 0.6 is 0 Å². The van der Waals surface area contributed by atoms with Crippen molar-refractivity contribution in [2.75, 3.05) is 14.1 Å². The molecule has 0 unspecified atom stereocenters. The van der Waals surface area contributed by atoms with Gasteiger partial charge in [-0.3, -0.25) is 0 Å². The van der Waals surface area contributed by atoms with Gasteiger partial charge in [-0.15, -0.1) is 0 Å². The lowest BCUT2D eigenvalue weighted by Crippen LogP contribution is -2.42. The third-order valence-electron chi connectivity index (χ3n) is 1.27. The second-order valence-electron chi connectivity index (χ2n) is 1.92. The summed E-state index contributed by atoms with van der Waals surface area (Å²) in [4.78, 5) is 0. The molecule has 2 nitrogen and oxygen atoms in total. The molecule has 2 N–H and O–H groups in total. The van der Waals surface area contributed by atoms with Crippen LogP contribution in [0.1, 0.15) is 13.3 Å². The van der Waals surface area contributed by atoms with Gasteiger partial charge in [-0.05, 0) is 20.4 Å². The average molecular weight is 114 g/mol. The highest BCUT2D eigenvalue weighted by molar-refractivity contribution is 6.52. The van der Waals surface area contributed by atoms with Gasteiger partial charge < -0.3 is 10.5 Å². The highest BCUT2D eigenvalue weighted by Crippen LogP contribution is 1.87. The van der Waals surface area contributed by atoms with Gasteiger partial charge in [0.15, 0.2) is 0 Å². The Morgan fingerprint density at radius 3 is 1.88 bits per heavy atom. The molecule has 0 saturated carbocycles. The van der Waals surface area contributed by atoms with Crippen LogP contribution in [0.15, 0.2) is 0 Å². The number of hydrogen-bond acceptors (Lipinski definition) is 2. The van der Waals surface area contributed by atoms with Crippen LogP contribution in [0.3, 0.4) is 0 Å². The Bertz CT molecular complexity index is 45.7. The monoisotopic (exact) mass is 114 g/mol. The lowest BCUT2D eigenvalue weighted by atomic mass is 9.72. The second kappa shape index (κ2) is 5.13. The lowest BCUT2D eigenvalue weighted by Gasteiger charge is -2.06. The Hall–Kier alpha value is -0.0151. The van der Waals surface area contributed by atoms with E-state index in [9.17, 15) is 0 Å². The molecule has 0 aliphatic rings. The molecule has 0 fully saturated rings. The Morgan fingerprint density at radius 1 is 1.25 bits per heavy atom. The standard InChI is InChI=1S/C5H15BN2/c1-4-5-6(7-2)8-3/h7-8H,4-5H2,1-3H3. The van der Waals surface area contributed by atoms with Gasteiger partial charge in [0.05, 0.1) is 0 Å². The molecule has 0 radical (unpaired) electrons. The van der Waals surface area contributed by atoms with Gasteiger partial charge in [-0.2, -0.15) is 0 Å². The third kappa shape index (κ3) is 3.05. The summed E-state index contributed by atoms with van der Waals surface area (Å²) < 4.78 is 0. The van der Waals surface area contributed by atoms with E-state index in [1.165, 1.54) is 12.7 Å². The fraction of sp³-hybridized carbons (Fsp3) is 1.00. The largest absolute Gasteiger partial charge is 0.345 e. The molecule has 0 aliphatic heterocycles. The fourth-order valence-corrected chi connectivity index (χ4v) is 0.722. The minimum absolute atomic E-state index is 0.500. The first-order valence-electron chi connectivity index (χ1n) is 3.19. The van der Waals surface area contributed by atoms with Crippen molar-refractivity contribution in [3.05, 3.63) is 0 Å². The van der Waals surface area contributed by atoms with Gasteiger partial charge in [0.1, 0.15) is 0 Å².